The van der Waals surface area contributed by atoms with Gasteiger partial charge in [0.2, 0.25) is 5.91 Å². The summed E-state index contributed by atoms with van der Waals surface area (Å²) in [5.74, 6) is -0.209. The second kappa shape index (κ2) is 32.5. The molecule has 9 nitrogen and oxygen atoms in total. The molecular formula is C42H73NO8. The molecule has 0 saturated carbocycles. The quantitative estimate of drug-likeness (QED) is 0.0324. The molecule has 294 valence electrons. The second-order valence-electron chi connectivity index (χ2n) is 13.7. The summed E-state index contributed by atoms with van der Waals surface area (Å²) in [4.78, 5) is 12.9. The van der Waals surface area contributed by atoms with Gasteiger partial charge in [-0.25, -0.2) is 0 Å². The monoisotopic (exact) mass is 720 g/mol. The first-order valence-electron chi connectivity index (χ1n) is 20.0. The Balaban J connectivity index is 2.48. The number of rotatable bonds is 31. The molecule has 1 rings (SSSR count). The van der Waals surface area contributed by atoms with E-state index in [1.807, 2.05) is 6.08 Å². The zero-order valence-corrected chi connectivity index (χ0v) is 31.8. The molecule has 1 heterocycles. The maximum atomic E-state index is 12.9. The van der Waals surface area contributed by atoms with Crippen LogP contribution in [-0.2, 0) is 14.3 Å². The highest BCUT2D eigenvalue weighted by molar-refractivity contribution is 5.76. The van der Waals surface area contributed by atoms with E-state index in [1.54, 1.807) is 6.08 Å². The van der Waals surface area contributed by atoms with Crippen LogP contribution >= 0.6 is 0 Å². The minimum Gasteiger partial charge on any atom is -0.394 e. The number of unbranched alkanes of at least 4 members (excludes halogenated alkanes) is 13. The van der Waals surface area contributed by atoms with E-state index in [2.05, 4.69) is 67.8 Å². The number of nitrogens with one attached hydrogen (secondary N) is 1. The lowest BCUT2D eigenvalue weighted by molar-refractivity contribution is -0.302. The number of hydrogen-bond acceptors (Lipinski definition) is 8. The number of carbonyl (C=O) groups excluding carboxylic acids is 1. The Hall–Kier alpha value is -2.11. The molecule has 51 heavy (non-hydrogen) atoms. The number of aliphatic hydroxyl groups is 5. The Morgan fingerprint density at radius 1 is 0.686 bits per heavy atom. The van der Waals surface area contributed by atoms with Gasteiger partial charge in [-0.2, -0.15) is 0 Å². The van der Waals surface area contributed by atoms with E-state index < -0.39 is 49.5 Å². The van der Waals surface area contributed by atoms with Crippen molar-refractivity contribution >= 4 is 5.91 Å². The molecule has 0 aromatic carbocycles. The van der Waals surface area contributed by atoms with Crippen molar-refractivity contribution in [3.8, 4) is 0 Å². The minimum atomic E-state index is -1.58. The second-order valence-corrected chi connectivity index (χ2v) is 13.7. The van der Waals surface area contributed by atoms with Crippen molar-refractivity contribution < 1.29 is 39.8 Å². The van der Waals surface area contributed by atoms with Crippen molar-refractivity contribution in [1.82, 2.24) is 5.32 Å². The van der Waals surface area contributed by atoms with E-state index in [1.165, 1.54) is 44.9 Å². The first-order chi connectivity index (χ1) is 24.8. The third kappa shape index (κ3) is 24.0. The molecule has 0 bridgehead atoms. The van der Waals surface area contributed by atoms with Gasteiger partial charge in [-0.15, -0.1) is 0 Å². The largest absolute Gasteiger partial charge is 0.394 e. The average molecular weight is 720 g/mol. The fourth-order valence-corrected chi connectivity index (χ4v) is 5.83. The molecule has 1 aliphatic rings. The molecule has 0 radical (unpaired) electrons. The Morgan fingerprint density at radius 2 is 1.24 bits per heavy atom. The van der Waals surface area contributed by atoms with Crippen molar-refractivity contribution in [2.24, 2.45) is 0 Å². The van der Waals surface area contributed by atoms with Gasteiger partial charge in [-0.1, -0.05) is 132 Å². The summed E-state index contributed by atoms with van der Waals surface area (Å²) in [6.07, 6.45) is 34.0. The van der Waals surface area contributed by atoms with Crippen LogP contribution in [0.25, 0.3) is 0 Å². The SMILES string of the molecule is CC/C=C\C/C=C\C/C=C\CCCCCCCC(=O)NC(COC1OC(CO)C(O)C(O)C1O)C(O)/C=C/CC/C=C/CCCCCCCCC. The summed E-state index contributed by atoms with van der Waals surface area (Å²) < 4.78 is 11.1. The van der Waals surface area contributed by atoms with Crippen LogP contribution < -0.4 is 5.32 Å². The fourth-order valence-electron chi connectivity index (χ4n) is 5.83. The van der Waals surface area contributed by atoms with Gasteiger partial charge in [-0.3, -0.25) is 4.79 Å². The zero-order valence-electron chi connectivity index (χ0n) is 31.8. The maximum absolute atomic E-state index is 12.9. The molecule has 1 amide bonds. The van der Waals surface area contributed by atoms with E-state index >= 15 is 0 Å². The van der Waals surface area contributed by atoms with Gasteiger partial charge in [0.25, 0.3) is 0 Å². The molecule has 7 atom stereocenters. The van der Waals surface area contributed by atoms with Crippen LogP contribution in [0.3, 0.4) is 0 Å². The van der Waals surface area contributed by atoms with Crippen LogP contribution in [0.15, 0.2) is 60.8 Å². The maximum Gasteiger partial charge on any atom is 0.220 e. The van der Waals surface area contributed by atoms with Crippen LogP contribution in [0.2, 0.25) is 0 Å². The van der Waals surface area contributed by atoms with E-state index in [-0.39, 0.29) is 12.5 Å². The Labute approximate surface area is 309 Å². The molecule has 0 aromatic heterocycles. The van der Waals surface area contributed by atoms with Crippen molar-refractivity contribution in [3.05, 3.63) is 60.8 Å². The normalized spacial score (nSPS) is 22.7. The molecular weight excluding hydrogens is 646 g/mol. The van der Waals surface area contributed by atoms with Crippen LogP contribution in [0.1, 0.15) is 142 Å². The molecule has 1 aliphatic heterocycles. The lowest BCUT2D eigenvalue weighted by Crippen LogP contribution is -2.60. The topological polar surface area (TPSA) is 149 Å². The van der Waals surface area contributed by atoms with Gasteiger partial charge < -0.3 is 40.3 Å². The standard InChI is InChI=1S/C42H73NO8/c1-3-5-7-9-11-13-15-17-18-20-22-24-26-28-30-32-38(46)43-35(34-50-42-41(49)40(48)39(47)37(33-44)51-42)36(45)31-29-27-25-23-21-19-16-14-12-10-8-6-4-2/h5,7,11,13,17-18,21,23,29,31,35-37,39-42,44-45,47-49H,3-4,6,8-10,12,14-16,19-20,22,24-28,30,32-34H2,1-2H3,(H,43,46)/b7-5-,13-11-,18-17-,23-21+,31-29+. The molecule has 7 unspecified atom stereocenters. The zero-order chi connectivity index (χ0) is 37.4. The Morgan fingerprint density at radius 3 is 1.88 bits per heavy atom. The summed E-state index contributed by atoms with van der Waals surface area (Å²) in [6, 6.07) is -0.830. The van der Waals surface area contributed by atoms with Crippen LogP contribution in [0.4, 0.5) is 0 Å². The van der Waals surface area contributed by atoms with Gasteiger partial charge in [0.1, 0.15) is 24.4 Å². The summed E-state index contributed by atoms with van der Waals surface area (Å²) in [7, 11) is 0. The number of carbonyl (C=O) groups is 1. The van der Waals surface area contributed by atoms with Gasteiger partial charge in [0.15, 0.2) is 6.29 Å². The summed E-state index contributed by atoms with van der Waals surface area (Å²) in [5.41, 5.74) is 0. The molecule has 0 spiro atoms. The van der Waals surface area contributed by atoms with Gasteiger partial charge in [0.05, 0.1) is 25.4 Å². The van der Waals surface area contributed by atoms with Crippen LogP contribution in [-0.4, -0.2) is 87.5 Å². The van der Waals surface area contributed by atoms with Crippen molar-refractivity contribution in [2.75, 3.05) is 13.2 Å². The summed E-state index contributed by atoms with van der Waals surface area (Å²) in [5, 5.41) is 53.9. The molecule has 0 aliphatic carbocycles. The number of ether oxygens (including phenoxy) is 2. The predicted octanol–water partition coefficient (Wildman–Crippen LogP) is 7.27. The third-order valence-corrected chi connectivity index (χ3v) is 9.08. The Bertz CT molecular complexity index is 978. The van der Waals surface area contributed by atoms with Crippen molar-refractivity contribution in [3.63, 3.8) is 0 Å². The predicted molar refractivity (Wildman–Crippen MR) is 207 cm³/mol. The highest BCUT2D eigenvalue weighted by Gasteiger charge is 2.44. The fraction of sp³-hybridized carbons (Fsp3) is 0.738. The van der Waals surface area contributed by atoms with Crippen LogP contribution in [0.5, 0.6) is 0 Å². The van der Waals surface area contributed by atoms with Crippen molar-refractivity contribution in [2.45, 2.75) is 185 Å². The van der Waals surface area contributed by atoms with Crippen LogP contribution in [0, 0.1) is 0 Å². The van der Waals surface area contributed by atoms with E-state index in [9.17, 15) is 30.3 Å². The number of hydrogen-bond donors (Lipinski definition) is 6. The summed E-state index contributed by atoms with van der Waals surface area (Å²) >= 11 is 0. The Kier molecular flexibility index (Phi) is 29.9. The number of aliphatic hydroxyl groups excluding tert-OH is 5. The minimum absolute atomic E-state index is 0.209. The van der Waals surface area contributed by atoms with Gasteiger partial charge in [0, 0.05) is 6.42 Å². The molecule has 9 heteroatoms. The third-order valence-electron chi connectivity index (χ3n) is 9.08. The smallest absolute Gasteiger partial charge is 0.220 e. The molecule has 6 N–H and O–H groups in total. The average Bonchev–Trinajstić information content (AvgIpc) is 3.13. The van der Waals surface area contributed by atoms with Crippen molar-refractivity contribution in [1.29, 1.82) is 0 Å². The summed E-state index contributed by atoms with van der Waals surface area (Å²) in [6.45, 7) is 3.59. The molecule has 1 fully saturated rings. The van der Waals surface area contributed by atoms with Gasteiger partial charge >= 0.3 is 0 Å². The lowest BCUT2D eigenvalue weighted by Gasteiger charge is -2.40. The highest BCUT2D eigenvalue weighted by Crippen LogP contribution is 2.22. The number of amides is 1. The van der Waals surface area contributed by atoms with E-state index in [4.69, 9.17) is 9.47 Å². The van der Waals surface area contributed by atoms with Gasteiger partial charge in [-0.05, 0) is 64.2 Å². The van der Waals surface area contributed by atoms with E-state index in [0.717, 1.165) is 77.0 Å². The first kappa shape index (κ1) is 46.9. The number of allylic oxidation sites excluding steroid dienone is 9. The first-order valence-corrected chi connectivity index (χ1v) is 20.0. The van der Waals surface area contributed by atoms with E-state index in [0.29, 0.717) is 6.42 Å². The molecule has 0 aromatic rings. The lowest BCUT2D eigenvalue weighted by atomic mass is 9.99. The highest BCUT2D eigenvalue weighted by atomic mass is 16.7. The molecule has 1 saturated heterocycles.